The molecule has 0 fully saturated rings. The van der Waals surface area contributed by atoms with Crippen molar-refractivity contribution in [1.29, 1.82) is 0 Å². The van der Waals surface area contributed by atoms with Crippen LogP contribution in [-0.2, 0) is 13.0 Å². The molecule has 0 bridgehead atoms. The molecule has 0 aliphatic carbocycles. The van der Waals surface area contributed by atoms with Gasteiger partial charge in [0.15, 0.2) is 5.69 Å². The Morgan fingerprint density at radius 3 is 2.54 bits per heavy atom. The number of anilines is 1. The minimum absolute atomic E-state index is 0.245. The van der Waals surface area contributed by atoms with Crippen LogP contribution in [-0.4, -0.2) is 27.6 Å². The zero-order valence-corrected chi connectivity index (χ0v) is 14.8. The molecule has 0 spiro atoms. The Morgan fingerprint density at radius 1 is 1.00 bits per heavy atom. The van der Waals surface area contributed by atoms with Crippen molar-refractivity contribution < 1.29 is 4.79 Å². The smallest absolute Gasteiger partial charge is 0.271 e. The van der Waals surface area contributed by atoms with Gasteiger partial charge in [0, 0.05) is 30.5 Å². The van der Waals surface area contributed by atoms with Crippen molar-refractivity contribution in [3.05, 3.63) is 82.8 Å². The number of amides is 1. The average molecular weight is 368 g/mol. The van der Waals surface area contributed by atoms with Crippen molar-refractivity contribution in [1.82, 2.24) is 20.5 Å². The summed E-state index contributed by atoms with van der Waals surface area (Å²) in [5.74, 6) is 0.358. The molecule has 1 aromatic carbocycles. The molecule has 0 saturated carbocycles. The second-order valence-electron chi connectivity index (χ2n) is 5.65. The summed E-state index contributed by atoms with van der Waals surface area (Å²) in [6.07, 6.45) is 4.23. The van der Waals surface area contributed by atoms with Crippen LogP contribution in [0.25, 0.3) is 0 Å². The molecule has 26 heavy (non-hydrogen) atoms. The highest BCUT2D eigenvalue weighted by Crippen LogP contribution is 2.09. The molecule has 2 aromatic heterocycles. The van der Waals surface area contributed by atoms with E-state index in [-0.39, 0.29) is 11.6 Å². The minimum Gasteiger partial charge on any atom is -0.364 e. The number of hydrogen-bond donors (Lipinski definition) is 2. The highest BCUT2D eigenvalue weighted by Gasteiger charge is 2.07. The maximum absolute atomic E-state index is 12.1. The molecule has 0 unspecified atom stereocenters. The summed E-state index contributed by atoms with van der Waals surface area (Å²) < 4.78 is 0. The van der Waals surface area contributed by atoms with Gasteiger partial charge in [-0.25, -0.2) is 0 Å². The summed E-state index contributed by atoms with van der Waals surface area (Å²) in [7, 11) is 0. The van der Waals surface area contributed by atoms with Gasteiger partial charge in [-0.15, -0.1) is 10.2 Å². The van der Waals surface area contributed by atoms with Gasteiger partial charge in [-0.2, -0.15) is 0 Å². The first-order valence-corrected chi connectivity index (χ1v) is 8.57. The highest BCUT2D eigenvalue weighted by molar-refractivity contribution is 6.30. The van der Waals surface area contributed by atoms with E-state index in [1.165, 1.54) is 0 Å². The zero-order chi connectivity index (χ0) is 18.2. The Hall–Kier alpha value is -2.99. The molecule has 1 amide bonds. The van der Waals surface area contributed by atoms with Crippen molar-refractivity contribution >= 4 is 23.3 Å². The number of halogens is 1. The number of benzene rings is 1. The Kier molecular flexibility index (Phi) is 6.11. The van der Waals surface area contributed by atoms with Crippen LogP contribution in [0.15, 0.2) is 60.9 Å². The van der Waals surface area contributed by atoms with E-state index in [1.807, 2.05) is 36.4 Å². The molecule has 0 aliphatic rings. The van der Waals surface area contributed by atoms with Crippen molar-refractivity contribution in [2.45, 2.75) is 13.0 Å². The van der Waals surface area contributed by atoms with Gasteiger partial charge in [-0.1, -0.05) is 29.8 Å². The van der Waals surface area contributed by atoms with Crippen molar-refractivity contribution in [3.8, 4) is 0 Å². The number of aromatic nitrogens is 3. The largest absolute Gasteiger partial charge is 0.364 e. The summed E-state index contributed by atoms with van der Waals surface area (Å²) >= 11 is 5.85. The van der Waals surface area contributed by atoms with Gasteiger partial charge < -0.3 is 10.6 Å². The number of carbonyl (C=O) groups excluding carboxylic acids is 1. The van der Waals surface area contributed by atoms with Gasteiger partial charge in [-0.05, 0) is 47.9 Å². The first kappa shape index (κ1) is 17.8. The van der Waals surface area contributed by atoms with E-state index in [0.717, 1.165) is 17.5 Å². The quantitative estimate of drug-likeness (QED) is 0.670. The van der Waals surface area contributed by atoms with Crippen LogP contribution in [0.1, 0.15) is 21.6 Å². The van der Waals surface area contributed by atoms with Gasteiger partial charge in [0.2, 0.25) is 0 Å². The van der Waals surface area contributed by atoms with Gasteiger partial charge >= 0.3 is 0 Å². The lowest BCUT2D eigenvalue weighted by molar-refractivity contribution is 0.0948. The fraction of sp³-hybridized carbons (Fsp3) is 0.158. The predicted octanol–water partition coefficient (Wildman–Crippen LogP) is 3.11. The number of pyridine rings is 1. The highest BCUT2D eigenvalue weighted by atomic mass is 35.5. The second-order valence-corrected chi connectivity index (χ2v) is 6.09. The van der Waals surface area contributed by atoms with E-state index in [1.54, 1.807) is 24.5 Å². The van der Waals surface area contributed by atoms with Crippen LogP contribution in [0.4, 0.5) is 5.82 Å². The fourth-order valence-corrected chi connectivity index (χ4v) is 2.43. The van der Waals surface area contributed by atoms with Gasteiger partial charge in [0.25, 0.3) is 5.91 Å². The Balaban J connectivity index is 1.46. The number of nitrogens with zero attached hydrogens (tertiary/aromatic N) is 3. The molecule has 2 heterocycles. The molecule has 0 saturated heterocycles. The van der Waals surface area contributed by atoms with E-state index >= 15 is 0 Å². The van der Waals surface area contributed by atoms with Crippen LogP contribution in [0.5, 0.6) is 0 Å². The lowest BCUT2D eigenvalue weighted by Gasteiger charge is -2.07. The first-order valence-electron chi connectivity index (χ1n) is 8.20. The van der Waals surface area contributed by atoms with E-state index in [4.69, 9.17) is 11.6 Å². The Bertz CT molecular complexity index is 838. The van der Waals surface area contributed by atoms with E-state index < -0.39 is 0 Å². The third kappa shape index (κ3) is 5.26. The maximum Gasteiger partial charge on any atom is 0.271 e. The van der Waals surface area contributed by atoms with Gasteiger partial charge in [-0.3, -0.25) is 9.78 Å². The zero-order valence-electron chi connectivity index (χ0n) is 14.0. The lowest BCUT2D eigenvalue weighted by atomic mass is 10.1. The molecule has 0 radical (unpaired) electrons. The molecular formula is C19H18ClN5O. The third-order valence-electron chi connectivity index (χ3n) is 3.71. The van der Waals surface area contributed by atoms with Crippen LogP contribution in [0.3, 0.4) is 0 Å². The van der Waals surface area contributed by atoms with Crippen molar-refractivity contribution in [2.24, 2.45) is 0 Å². The third-order valence-corrected chi connectivity index (χ3v) is 3.96. The summed E-state index contributed by atoms with van der Waals surface area (Å²) in [5, 5.41) is 14.7. The second kappa shape index (κ2) is 8.92. The monoisotopic (exact) mass is 367 g/mol. The summed E-state index contributed by atoms with van der Waals surface area (Å²) in [6.45, 7) is 1.11. The van der Waals surface area contributed by atoms with E-state index in [2.05, 4.69) is 25.8 Å². The number of nitrogens with one attached hydrogen (secondary N) is 2. The summed E-state index contributed by atoms with van der Waals surface area (Å²) in [5.41, 5.74) is 2.43. The molecular weight excluding hydrogens is 350 g/mol. The van der Waals surface area contributed by atoms with Crippen molar-refractivity contribution in [3.63, 3.8) is 0 Å². The molecule has 3 aromatic rings. The SMILES string of the molecule is O=C(NCCc1ccc(Cl)cc1)c1ccc(NCc2cccnc2)nn1. The van der Waals surface area contributed by atoms with Crippen LogP contribution < -0.4 is 10.6 Å². The number of carbonyl (C=O) groups is 1. The van der Waals surface area contributed by atoms with Crippen LogP contribution in [0, 0.1) is 0 Å². The van der Waals surface area contributed by atoms with Gasteiger partial charge in [0.05, 0.1) is 0 Å². The van der Waals surface area contributed by atoms with Crippen LogP contribution in [0.2, 0.25) is 5.02 Å². The molecule has 0 aliphatic heterocycles. The number of hydrogen-bond acceptors (Lipinski definition) is 5. The maximum atomic E-state index is 12.1. The molecule has 2 N–H and O–H groups in total. The van der Waals surface area contributed by atoms with E-state index in [0.29, 0.717) is 23.9 Å². The Morgan fingerprint density at radius 2 is 1.85 bits per heavy atom. The number of rotatable bonds is 7. The molecule has 3 rings (SSSR count). The molecule has 7 heteroatoms. The Labute approximate surface area is 156 Å². The average Bonchev–Trinajstić information content (AvgIpc) is 2.69. The van der Waals surface area contributed by atoms with E-state index in [9.17, 15) is 4.79 Å². The molecule has 132 valence electrons. The standard InChI is InChI=1S/C19H18ClN5O/c20-16-5-3-14(4-6-16)9-11-22-19(26)17-7-8-18(25-24-17)23-13-15-2-1-10-21-12-15/h1-8,10,12H,9,11,13H2,(H,22,26)(H,23,25). The van der Waals surface area contributed by atoms with Crippen molar-refractivity contribution in [2.75, 3.05) is 11.9 Å². The summed E-state index contributed by atoms with van der Waals surface area (Å²) in [4.78, 5) is 16.2. The minimum atomic E-state index is -0.245. The summed E-state index contributed by atoms with van der Waals surface area (Å²) in [6, 6.07) is 14.8. The topological polar surface area (TPSA) is 79.8 Å². The predicted molar refractivity (Wildman–Crippen MR) is 101 cm³/mol. The normalized spacial score (nSPS) is 10.3. The fourth-order valence-electron chi connectivity index (χ4n) is 2.30. The molecule has 0 atom stereocenters. The van der Waals surface area contributed by atoms with Crippen LogP contribution >= 0.6 is 11.6 Å². The van der Waals surface area contributed by atoms with Gasteiger partial charge in [0.1, 0.15) is 5.82 Å². The lowest BCUT2D eigenvalue weighted by Crippen LogP contribution is -2.26. The molecule has 6 nitrogen and oxygen atoms in total. The first-order chi connectivity index (χ1) is 12.7.